The molecule has 3 atom stereocenters. The van der Waals surface area contributed by atoms with Gasteiger partial charge in [0.15, 0.2) is 33.8 Å². The first kappa shape index (κ1) is 38.4. The van der Waals surface area contributed by atoms with Crippen molar-refractivity contribution in [3.8, 4) is 11.5 Å². The fraction of sp³-hybridized carbons (Fsp3) is 0.357. The fourth-order valence-electron chi connectivity index (χ4n) is 5.31. The number of nitrogens with two attached hydrogens (primary N) is 2. The molecule has 4 heterocycles. The van der Waals surface area contributed by atoms with E-state index in [1.54, 1.807) is 0 Å². The number of aromatic hydroxyl groups is 2. The third kappa shape index (κ3) is 7.14. The van der Waals surface area contributed by atoms with E-state index in [1.807, 2.05) is 5.43 Å². The molecule has 22 nitrogen and oxygen atoms in total. The van der Waals surface area contributed by atoms with Crippen molar-refractivity contribution in [1.82, 2.24) is 30.6 Å². The molecule has 3 aliphatic rings. The Labute approximate surface area is 310 Å². The number of halogens is 1. The predicted octanol–water partition coefficient (Wildman–Crippen LogP) is -0.513. The Morgan fingerprint density at radius 1 is 1.15 bits per heavy atom. The second-order valence-corrected chi connectivity index (χ2v) is 14.6. The molecular formula is C28H29ClN10O12S2. The Hall–Kier alpha value is -5.88. The lowest BCUT2D eigenvalue weighted by Crippen LogP contribution is -2.60. The molecule has 1 unspecified atom stereocenters. The summed E-state index contributed by atoms with van der Waals surface area (Å²) in [5.41, 5.74) is 11.6. The van der Waals surface area contributed by atoms with Gasteiger partial charge in [-0.1, -0.05) is 28.5 Å². The summed E-state index contributed by atoms with van der Waals surface area (Å²) in [5.74, 6) is -7.97. The molecule has 0 saturated carbocycles. The number of rotatable bonds is 13. The summed E-state index contributed by atoms with van der Waals surface area (Å²) < 4.78 is 0. The van der Waals surface area contributed by atoms with Gasteiger partial charge < -0.3 is 41.6 Å². The number of aliphatic carboxylic acids is 2. The van der Waals surface area contributed by atoms with Crippen LogP contribution in [0.15, 0.2) is 27.8 Å². The molecule has 0 radical (unpaired) electrons. The number of nitrogens with zero attached hydrogens (tertiary/aromatic N) is 6. The number of thiazole rings is 1. The number of hydrazone groups is 1. The number of amides is 6. The molecule has 3 aliphatic heterocycles. The van der Waals surface area contributed by atoms with Crippen molar-refractivity contribution in [2.24, 2.45) is 21.9 Å². The monoisotopic (exact) mass is 796 g/mol. The molecule has 282 valence electrons. The van der Waals surface area contributed by atoms with Crippen molar-refractivity contribution in [1.29, 1.82) is 0 Å². The molecule has 6 amide bonds. The van der Waals surface area contributed by atoms with Crippen molar-refractivity contribution in [2.75, 3.05) is 25.4 Å². The minimum atomic E-state index is -2.07. The number of carbonyl (C=O) groups is 7. The molecule has 0 bridgehead atoms. The number of hydrogen-bond acceptors (Lipinski definition) is 16. The number of nitrogen functional groups attached to an aromatic ring is 1. The smallest absolute Gasteiger partial charge is 0.350 e. The highest BCUT2D eigenvalue weighted by Gasteiger charge is 2.66. The molecule has 1 aromatic heterocycles. The lowest BCUT2D eigenvalue weighted by Gasteiger charge is -2.40. The maximum atomic E-state index is 13.6. The molecule has 1 aromatic carbocycles. The number of nitrogens with one attached hydrogen (secondary N) is 2. The number of phenols is 2. The summed E-state index contributed by atoms with van der Waals surface area (Å²) in [6.45, 7) is 1.38. The Bertz CT molecular complexity index is 2010. The van der Waals surface area contributed by atoms with Crippen LogP contribution in [0, 0.1) is 5.92 Å². The second-order valence-electron chi connectivity index (χ2n) is 12.0. The van der Waals surface area contributed by atoms with Crippen molar-refractivity contribution in [3.63, 3.8) is 0 Å². The number of carbonyl (C=O) groups excluding carboxylic acids is 5. The van der Waals surface area contributed by atoms with E-state index in [1.165, 1.54) is 24.1 Å². The molecule has 10 N–H and O–H groups in total. The van der Waals surface area contributed by atoms with Crippen molar-refractivity contribution >= 4 is 92.9 Å². The number of β-lactam (4-membered cyclic amide) rings is 1. The highest BCUT2D eigenvalue weighted by molar-refractivity contribution is 8.02. The van der Waals surface area contributed by atoms with Gasteiger partial charge in [-0.15, -0.1) is 11.3 Å². The van der Waals surface area contributed by atoms with Crippen LogP contribution in [-0.4, -0.2) is 129 Å². The maximum absolute atomic E-state index is 13.6. The van der Waals surface area contributed by atoms with Crippen molar-refractivity contribution < 1.29 is 58.8 Å². The molecular weight excluding hydrogens is 768 g/mol. The lowest BCUT2D eigenvalue weighted by atomic mass is 9.90. The van der Waals surface area contributed by atoms with Gasteiger partial charge >= 0.3 is 24.0 Å². The number of anilines is 1. The van der Waals surface area contributed by atoms with Gasteiger partial charge in [-0.2, -0.15) is 5.10 Å². The van der Waals surface area contributed by atoms with Gasteiger partial charge in [0.25, 0.3) is 5.91 Å². The number of hydrazine groups is 1. The number of aromatic nitrogens is 1. The third-order valence-electron chi connectivity index (χ3n) is 8.12. The van der Waals surface area contributed by atoms with E-state index in [0.29, 0.717) is 0 Å². The Morgan fingerprint density at radius 3 is 2.45 bits per heavy atom. The second kappa shape index (κ2) is 14.3. The molecule has 3 saturated heterocycles. The molecule has 5 rings (SSSR count). The lowest BCUT2D eigenvalue weighted by molar-refractivity contribution is -0.161. The van der Waals surface area contributed by atoms with Crippen LogP contribution in [0.5, 0.6) is 11.5 Å². The van der Waals surface area contributed by atoms with Gasteiger partial charge in [-0.25, -0.2) is 34.6 Å². The molecule has 3 fully saturated rings. The highest BCUT2D eigenvalue weighted by atomic mass is 35.5. The number of fused-ring (bicyclic) bond motifs is 1. The molecule has 0 spiro atoms. The van der Waals surface area contributed by atoms with Crippen LogP contribution in [-0.2, 0) is 28.8 Å². The van der Waals surface area contributed by atoms with Crippen LogP contribution in [0.2, 0.25) is 5.02 Å². The maximum Gasteiger partial charge on any atom is 0.350 e. The summed E-state index contributed by atoms with van der Waals surface area (Å²) in [6, 6.07) is -0.141. The first-order valence-electron chi connectivity index (χ1n) is 15.0. The number of phenolic OH excluding ortho intramolecular Hbond substituents is 2. The van der Waals surface area contributed by atoms with Gasteiger partial charge in [0.2, 0.25) is 16.4 Å². The van der Waals surface area contributed by atoms with Gasteiger partial charge in [0, 0.05) is 23.9 Å². The average Bonchev–Trinajstić information content (AvgIpc) is 3.79. The summed E-state index contributed by atoms with van der Waals surface area (Å²) >= 11 is 7.77. The third-order valence-corrected chi connectivity index (χ3v) is 10.9. The minimum absolute atomic E-state index is 0.0332. The topological polar surface area (TPSA) is 333 Å². The van der Waals surface area contributed by atoms with E-state index in [2.05, 4.69) is 20.7 Å². The van der Waals surface area contributed by atoms with Gasteiger partial charge in [0.05, 0.1) is 29.4 Å². The number of thioether (sulfide) groups is 1. The largest absolute Gasteiger partial charge is 0.504 e. The van der Waals surface area contributed by atoms with Crippen LogP contribution in [0.25, 0.3) is 0 Å². The van der Waals surface area contributed by atoms with Crippen molar-refractivity contribution in [3.05, 3.63) is 33.8 Å². The number of carboxylic acids is 2. The summed E-state index contributed by atoms with van der Waals surface area (Å²) in [7, 11) is 0. The highest BCUT2D eigenvalue weighted by Crippen LogP contribution is 2.53. The summed E-state index contributed by atoms with van der Waals surface area (Å²) in [5, 5.41) is 47.7. The molecule has 25 heteroatoms. The van der Waals surface area contributed by atoms with Crippen LogP contribution in [0.4, 0.5) is 14.7 Å². The first-order valence-corrected chi connectivity index (χ1v) is 17.1. The number of hydrogen-bond donors (Lipinski definition) is 8. The number of carboxylic acid groups (broad SMARTS) is 2. The number of oxime groups is 1. The standard InChI is InChI=1S/C28H29ClN10O12S2/c1-27(2,22(45)46)51-36-17(12-8-52-25(31)32-12)14(41)7-11-20(44)37-9-28(23(47)48,53-21(11)37)38-5-6-39(26(38)50)35-19(43)16(33-34-24(30)49)10-3-4-13(40)18(42)15(10)29/h3-4,8,11,21,40,42H,5-7,9H2,1-2H3,(H2,31,32)(H,35,43)(H,45,46)(H,47,48)(H3,30,34,49)/b33-16-,36-17-/t11?,21-,28-/m1/s1. The average molecular weight is 797 g/mol. The molecule has 2 aromatic rings. The van der Waals surface area contributed by atoms with Gasteiger partial charge in [0.1, 0.15) is 5.69 Å². The van der Waals surface area contributed by atoms with E-state index in [0.717, 1.165) is 45.1 Å². The molecule has 0 aliphatic carbocycles. The van der Waals surface area contributed by atoms with Crippen LogP contribution in [0.1, 0.15) is 31.5 Å². The van der Waals surface area contributed by atoms with Gasteiger partial charge in [-0.3, -0.25) is 24.7 Å². The SMILES string of the molecule is CC(C)(O/N=C(\C(=O)CC1C(=O)N2C[C@@](C(=O)O)(N3CCN(NC(=O)/C(=N\NC(N)=O)c4ccc(O)c(O)c4Cl)C3=O)S[C@H]12)c1csc(N)n1)C(=O)O. The van der Waals surface area contributed by atoms with Gasteiger partial charge in [-0.05, 0) is 26.0 Å². The quantitative estimate of drug-likeness (QED) is 0.0548. The van der Waals surface area contributed by atoms with Crippen LogP contribution < -0.4 is 22.3 Å². The summed E-state index contributed by atoms with van der Waals surface area (Å²) in [4.78, 5) is 98.6. The van der Waals surface area contributed by atoms with E-state index in [-0.39, 0.29) is 29.5 Å². The number of Topliss-reactive ketones (excluding diaryl/α,β-unsaturated/α-hetero) is 1. The normalized spacial score (nSPS) is 21.6. The zero-order valence-corrected chi connectivity index (χ0v) is 29.7. The van der Waals surface area contributed by atoms with E-state index >= 15 is 0 Å². The van der Waals surface area contributed by atoms with E-state index in [9.17, 15) is 54.0 Å². The fourth-order valence-corrected chi connectivity index (χ4v) is 7.80. The number of urea groups is 2. The Balaban J connectivity index is 1.33. The van der Waals surface area contributed by atoms with E-state index < -0.39 is 104 Å². The Kier molecular flexibility index (Phi) is 10.3. The zero-order chi connectivity index (χ0) is 39.2. The number of ketones is 1. The Morgan fingerprint density at radius 2 is 1.85 bits per heavy atom. The molecule has 53 heavy (non-hydrogen) atoms. The zero-order valence-electron chi connectivity index (χ0n) is 27.3. The summed E-state index contributed by atoms with van der Waals surface area (Å²) in [6.07, 6.45) is -0.511. The number of primary amides is 1. The minimum Gasteiger partial charge on any atom is -0.504 e. The number of benzene rings is 1. The van der Waals surface area contributed by atoms with Crippen LogP contribution >= 0.6 is 34.7 Å². The van der Waals surface area contributed by atoms with Crippen LogP contribution in [0.3, 0.4) is 0 Å². The van der Waals surface area contributed by atoms with Crippen molar-refractivity contribution in [2.45, 2.75) is 36.1 Å². The van der Waals surface area contributed by atoms with E-state index in [4.69, 9.17) is 27.9 Å². The predicted molar refractivity (Wildman–Crippen MR) is 183 cm³/mol. The first-order chi connectivity index (χ1) is 24.8.